The first-order chi connectivity index (χ1) is 10.5. The highest BCUT2D eigenvalue weighted by molar-refractivity contribution is 5.53. The summed E-state index contributed by atoms with van der Waals surface area (Å²) in [6.45, 7) is 2.14. The van der Waals surface area contributed by atoms with Crippen LogP contribution < -0.4 is 0 Å². The Labute approximate surface area is 134 Å². The Morgan fingerprint density at radius 2 is 2.00 bits per heavy atom. The largest absolute Gasteiger partial charge is 0.389 e. The molecule has 2 unspecified atom stereocenters. The third-order valence-corrected chi connectivity index (χ3v) is 6.76. The Kier molecular flexibility index (Phi) is 3.25. The summed E-state index contributed by atoms with van der Waals surface area (Å²) < 4.78 is 0. The summed E-state index contributed by atoms with van der Waals surface area (Å²) in [6.07, 6.45) is 10.5. The molecule has 0 amide bonds. The van der Waals surface area contributed by atoms with Gasteiger partial charge in [0.2, 0.25) is 0 Å². The molecule has 2 saturated carbocycles. The highest BCUT2D eigenvalue weighted by Gasteiger charge is 2.65. The highest BCUT2D eigenvalue weighted by Crippen LogP contribution is 2.66. The summed E-state index contributed by atoms with van der Waals surface area (Å²) >= 11 is 0. The summed E-state index contributed by atoms with van der Waals surface area (Å²) in [5.41, 5.74) is 4.11. The first-order valence-electron chi connectivity index (χ1n) is 9.01. The van der Waals surface area contributed by atoms with Crippen LogP contribution in [0.25, 0.3) is 0 Å². The van der Waals surface area contributed by atoms with E-state index < -0.39 is 5.60 Å². The molecule has 3 nitrogen and oxygen atoms in total. The topological polar surface area (TPSA) is 26.7 Å². The lowest BCUT2D eigenvalue weighted by Gasteiger charge is -2.64. The van der Waals surface area contributed by atoms with Crippen LogP contribution in [-0.2, 0) is 0 Å². The lowest BCUT2D eigenvalue weighted by atomic mass is 9.44. The van der Waals surface area contributed by atoms with Gasteiger partial charge in [0, 0.05) is 31.2 Å². The third-order valence-electron chi connectivity index (χ3n) is 6.76. The Hall–Kier alpha value is -0.800. The fraction of sp³-hybridized carbons (Fsp3) is 0.789. The molecule has 2 atom stereocenters. The van der Waals surface area contributed by atoms with Crippen molar-refractivity contribution in [1.82, 2.24) is 9.80 Å². The number of aliphatic hydroxyl groups is 1. The van der Waals surface area contributed by atoms with Crippen LogP contribution in [0.5, 0.6) is 0 Å². The van der Waals surface area contributed by atoms with Gasteiger partial charge in [-0.2, -0.15) is 0 Å². The van der Waals surface area contributed by atoms with Crippen molar-refractivity contribution >= 4 is 0 Å². The van der Waals surface area contributed by atoms with E-state index in [4.69, 9.17) is 0 Å². The second-order valence-electron chi connectivity index (χ2n) is 8.30. The quantitative estimate of drug-likeness (QED) is 0.868. The normalized spacial score (nSPS) is 36.3. The van der Waals surface area contributed by atoms with E-state index >= 15 is 0 Å². The molecule has 0 aromatic heterocycles. The average Bonchev–Trinajstić information content (AvgIpc) is 2.87. The molecule has 22 heavy (non-hydrogen) atoms. The molecule has 3 fully saturated rings. The highest BCUT2D eigenvalue weighted by atomic mass is 16.3. The summed E-state index contributed by atoms with van der Waals surface area (Å²) in [6, 6.07) is 0. The Morgan fingerprint density at radius 3 is 2.68 bits per heavy atom. The van der Waals surface area contributed by atoms with Crippen LogP contribution >= 0.6 is 0 Å². The zero-order valence-corrected chi connectivity index (χ0v) is 14.4. The molecular weight excluding hydrogens is 272 g/mol. The smallest absolute Gasteiger partial charge is 0.0759 e. The molecule has 5 rings (SSSR count). The van der Waals surface area contributed by atoms with Gasteiger partial charge in [-0.25, -0.2) is 0 Å². The molecule has 0 spiro atoms. The maximum Gasteiger partial charge on any atom is 0.0759 e. The fourth-order valence-corrected chi connectivity index (χ4v) is 5.84. The molecule has 2 bridgehead atoms. The van der Waals surface area contributed by atoms with Crippen LogP contribution in [0.3, 0.4) is 0 Å². The molecule has 0 radical (unpaired) electrons. The van der Waals surface area contributed by atoms with E-state index in [1.54, 1.807) is 11.1 Å². The zero-order chi connectivity index (χ0) is 15.5. The van der Waals surface area contributed by atoms with Crippen molar-refractivity contribution in [2.24, 2.45) is 11.3 Å². The number of rotatable bonds is 3. The summed E-state index contributed by atoms with van der Waals surface area (Å²) in [7, 11) is 6.56. The molecule has 1 saturated heterocycles. The minimum atomic E-state index is -0.494. The molecular formula is C19H30N2O. The molecule has 5 aliphatic rings. The number of hydrogen-bond donors (Lipinski definition) is 1. The molecule has 122 valence electrons. The number of likely N-dealkylation sites (tertiary alicyclic amines) is 1. The van der Waals surface area contributed by atoms with Gasteiger partial charge >= 0.3 is 0 Å². The second kappa shape index (κ2) is 4.85. The number of allylic oxidation sites excluding steroid dienone is 2. The van der Waals surface area contributed by atoms with Gasteiger partial charge in [-0.3, -0.25) is 0 Å². The van der Waals surface area contributed by atoms with Gasteiger partial charge in [-0.05, 0) is 56.8 Å². The Balaban J connectivity index is 1.81. The second-order valence-corrected chi connectivity index (χ2v) is 8.30. The van der Waals surface area contributed by atoms with E-state index in [1.165, 1.54) is 37.8 Å². The van der Waals surface area contributed by atoms with E-state index in [0.29, 0.717) is 5.92 Å². The van der Waals surface area contributed by atoms with Crippen LogP contribution in [0.15, 0.2) is 22.9 Å². The molecule has 1 aliphatic heterocycles. The Morgan fingerprint density at radius 1 is 1.27 bits per heavy atom. The summed E-state index contributed by atoms with van der Waals surface area (Å²) in [5.74, 6) is 0.554. The minimum absolute atomic E-state index is 0.0195. The number of likely N-dealkylation sites (N-methyl/N-ethyl adjacent to an activating group) is 1. The van der Waals surface area contributed by atoms with Gasteiger partial charge in [-0.1, -0.05) is 25.3 Å². The van der Waals surface area contributed by atoms with E-state index in [2.05, 4.69) is 37.0 Å². The van der Waals surface area contributed by atoms with E-state index in [0.717, 1.165) is 25.9 Å². The SMILES string of the molecule is CN(C)CC1(C2(O)CCCCC2)C2=C3C(=CC1C2)CCN3C. The molecule has 4 aliphatic carbocycles. The molecule has 0 aromatic carbocycles. The third kappa shape index (κ3) is 1.75. The van der Waals surface area contributed by atoms with E-state index in [-0.39, 0.29) is 5.41 Å². The van der Waals surface area contributed by atoms with Crippen LogP contribution in [0.1, 0.15) is 44.9 Å². The standard InChI is InChI=1S/C19H30N2O/c1-20(2)13-19(18(22)8-5-4-6-9-18)15-11-14-7-10-21(3)17(14)16(19)12-15/h11,15,22H,4-10,12-13H2,1-3H3. The molecule has 0 aromatic rings. The first kappa shape index (κ1) is 14.8. The minimum Gasteiger partial charge on any atom is -0.389 e. The average molecular weight is 302 g/mol. The summed E-state index contributed by atoms with van der Waals surface area (Å²) in [5, 5.41) is 11.7. The maximum atomic E-state index is 11.7. The molecule has 3 heteroatoms. The molecule has 1 heterocycles. The van der Waals surface area contributed by atoms with Crippen LogP contribution in [0, 0.1) is 11.3 Å². The van der Waals surface area contributed by atoms with Gasteiger partial charge in [0.05, 0.1) is 5.60 Å². The maximum absolute atomic E-state index is 11.7. The molecule has 1 N–H and O–H groups in total. The van der Waals surface area contributed by atoms with Crippen molar-refractivity contribution in [3.63, 3.8) is 0 Å². The Bertz CT molecular complexity index is 542. The fourth-order valence-electron chi connectivity index (χ4n) is 5.84. The first-order valence-corrected chi connectivity index (χ1v) is 9.01. The van der Waals surface area contributed by atoms with Gasteiger partial charge in [-0.15, -0.1) is 0 Å². The lowest BCUT2D eigenvalue weighted by Crippen LogP contribution is -2.65. The number of hydrogen-bond acceptors (Lipinski definition) is 3. The van der Waals surface area contributed by atoms with Crippen LogP contribution in [0.4, 0.5) is 0 Å². The van der Waals surface area contributed by atoms with Crippen molar-refractivity contribution in [2.75, 3.05) is 34.2 Å². The van der Waals surface area contributed by atoms with Crippen LogP contribution in [-0.4, -0.2) is 54.7 Å². The van der Waals surface area contributed by atoms with Gasteiger partial charge in [0.1, 0.15) is 0 Å². The summed E-state index contributed by atoms with van der Waals surface area (Å²) in [4.78, 5) is 4.74. The van der Waals surface area contributed by atoms with Crippen molar-refractivity contribution in [3.05, 3.63) is 22.9 Å². The van der Waals surface area contributed by atoms with Crippen molar-refractivity contribution in [3.8, 4) is 0 Å². The lowest BCUT2D eigenvalue weighted by molar-refractivity contribution is -0.145. The van der Waals surface area contributed by atoms with E-state index in [1.807, 2.05) is 0 Å². The van der Waals surface area contributed by atoms with Gasteiger partial charge < -0.3 is 14.9 Å². The number of nitrogens with zero attached hydrogens (tertiary/aromatic N) is 2. The predicted octanol–water partition coefficient (Wildman–Crippen LogP) is 2.78. The van der Waals surface area contributed by atoms with Crippen molar-refractivity contribution < 1.29 is 5.11 Å². The van der Waals surface area contributed by atoms with Gasteiger partial charge in [0.15, 0.2) is 0 Å². The zero-order valence-electron chi connectivity index (χ0n) is 14.4. The predicted molar refractivity (Wildman–Crippen MR) is 89.5 cm³/mol. The van der Waals surface area contributed by atoms with Crippen molar-refractivity contribution in [1.29, 1.82) is 0 Å². The monoisotopic (exact) mass is 302 g/mol. The van der Waals surface area contributed by atoms with Gasteiger partial charge in [0.25, 0.3) is 0 Å². The van der Waals surface area contributed by atoms with Crippen LogP contribution in [0.2, 0.25) is 0 Å². The van der Waals surface area contributed by atoms with E-state index in [9.17, 15) is 5.11 Å². The van der Waals surface area contributed by atoms with Crippen molar-refractivity contribution in [2.45, 2.75) is 50.5 Å².